The van der Waals surface area contributed by atoms with Crippen molar-refractivity contribution in [1.29, 1.82) is 0 Å². The molecule has 0 spiro atoms. The minimum atomic E-state index is -3.97. The third-order valence-electron chi connectivity index (χ3n) is 0.913. The van der Waals surface area contributed by atoms with Crippen LogP contribution in [0.1, 0.15) is 6.92 Å². The second kappa shape index (κ2) is 3.05. The van der Waals surface area contributed by atoms with Gasteiger partial charge in [0, 0.05) is 12.0 Å². The van der Waals surface area contributed by atoms with Crippen molar-refractivity contribution in [2.45, 2.75) is 19.5 Å². The smallest absolute Gasteiger partial charge is 0.303 e. The molecule has 1 unspecified atom stereocenters. The van der Waals surface area contributed by atoms with E-state index in [1.54, 1.807) is 0 Å². The predicted molar refractivity (Wildman–Crippen MR) is 33.9 cm³/mol. The average Bonchev–Trinajstić information content (AvgIpc) is 1.62. The van der Waals surface area contributed by atoms with Crippen LogP contribution in [0.2, 0.25) is 12.6 Å². The molecule has 0 amide bonds. The molecule has 9 heavy (non-hydrogen) atoms. The summed E-state index contributed by atoms with van der Waals surface area (Å²) in [5.74, 6) is -0.475. The van der Waals surface area contributed by atoms with Gasteiger partial charge in [0.2, 0.25) is 0 Å². The second-order valence-electron chi connectivity index (χ2n) is 2.39. The lowest BCUT2D eigenvalue weighted by Gasteiger charge is -2.06. The zero-order chi connectivity index (χ0) is 7.49. The van der Waals surface area contributed by atoms with Crippen LogP contribution in [0.3, 0.4) is 0 Å². The van der Waals surface area contributed by atoms with E-state index in [1.165, 1.54) is 6.92 Å². The quantitative estimate of drug-likeness (QED) is 0.342. The van der Waals surface area contributed by atoms with Crippen LogP contribution in [-0.4, -0.2) is 15.0 Å². The molecule has 0 heterocycles. The first-order chi connectivity index (χ1) is 3.95. The van der Waals surface area contributed by atoms with Gasteiger partial charge in [-0.3, -0.25) is 8.22 Å². The molecule has 1 atom stereocenters. The Balaban J connectivity index is 3.59. The van der Waals surface area contributed by atoms with Gasteiger partial charge in [0.05, 0.1) is 0 Å². The Bertz CT molecular complexity index is 99.6. The topological polar surface area (TPSA) is 17.1 Å². The number of aldehydes is 1. The van der Waals surface area contributed by atoms with Gasteiger partial charge in [0.15, 0.2) is 0 Å². The summed E-state index contributed by atoms with van der Waals surface area (Å²) in [6.07, 6.45) is 0.574. The fourth-order valence-corrected chi connectivity index (χ4v) is 1.84. The summed E-state index contributed by atoms with van der Waals surface area (Å²) in [4.78, 5) is 9.87. The Morgan fingerprint density at radius 1 is 1.67 bits per heavy atom. The van der Waals surface area contributed by atoms with E-state index in [4.69, 9.17) is 0 Å². The number of carbonyl (C=O) groups is 1. The Kier molecular flexibility index (Phi) is 2.97. The summed E-state index contributed by atoms with van der Waals surface area (Å²) in [5, 5.41) is 0. The molecule has 0 N–H and O–H groups in total. The monoisotopic (exact) mass is 152 g/mol. The fourth-order valence-electron chi connectivity index (χ4n) is 0.613. The van der Waals surface area contributed by atoms with E-state index in [9.17, 15) is 13.0 Å². The van der Waals surface area contributed by atoms with Gasteiger partial charge < -0.3 is 4.79 Å². The molecule has 0 aliphatic rings. The molecule has 54 valence electrons. The van der Waals surface area contributed by atoms with Gasteiger partial charge in [-0.15, -0.1) is 0 Å². The van der Waals surface area contributed by atoms with Crippen molar-refractivity contribution >= 4 is 15.0 Å². The lowest BCUT2D eigenvalue weighted by Crippen LogP contribution is -2.20. The van der Waals surface area contributed by atoms with E-state index < -0.39 is 14.7 Å². The second-order valence-corrected chi connectivity index (χ2v) is 4.94. The van der Waals surface area contributed by atoms with E-state index in [-0.39, 0.29) is 6.04 Å². The zero-order valence-corrected chi connectivity index (χ0v) is 6.53. The highest BCUT2D eigenvalue weighted by Gasteiger charge is 2.29. The Morgan fingerprint density at radius 3 is 2.22 bits per heavy atom. The fraction of sp³-hybridized carbons (Fsp3) is 0.800. The first kappa shape index (κ1) is 8.75. The Morgan fingerprint density at radius 2 is 2.11 bits per heavy atom. The molecule has 0 aromatic heterocycles. The lowest BCUT2D eigenvalue weighted by atomic mass is 10.3. The van der Waals surface area contributed by atoms with Gasteiger partial charge in [-0.1, -0.05) is 6.92 Å². The molecule has 0 aromatic carbocycles. The van der Waals surface area contributed by atoms with E-state index in [0.717, 1.165) is 6.55 Å². The van der Waals surface area contributed by atoms with Crippen molar-refractivity contribution in [3.8, 4) is 0 Å². The van der Waals surface area contributed by atoms with Crippen LogP contribution in [0, 0.1) is 5.92 Å². The summed E-state index contributed by atoms with van der Waals surface area (Å²) < 4.78 is 24.3. The molecule has 0 saturated heterocycles. The third kappa shape index (κ3) is 5.62. The van der Waals surface area contributed by atoms with Crippen molar-refractivity contribution < 1.29 is 13.0 Å². The Hall–Kier alpha value is -0.253. The predicted octanol–water partition coefficient (Wildman–Crippen LogP) is 1.83. The van der Waals surface area contributed by atoms with E-state index in [0.29, 0.717) is 6.29 Å². The summed E-state index contributed by atoms with van der Waals surface area (Å²) in [5.41, 5.74) is 0. The van der Waals surface area contributed by atoms with Crippen molar-refractivity contribution in [3.63, 3.8) is 0 Å². The largest absolute Gasteiger partial charge is 0.422 e. The molecule has 0 aromatic rings. The number of hydrogen-bond acceptors (Lipinski definition) is 1. The SMILES string of the molecule is CC(C=O)C[Si](C)(F)F. The number of hydrogen-bond donors (Lipinski definition) is 0. The average molecular weight is 152 g/mol. The highest BCUT2D eigenvalue weighted by atomic mass is 28.4. The summed E-state index contributed by atoms with van der Waals surface area (Å²) in [6.45, 7) is 2.46. The molecule has 4 heteroatoms. The van der Waals surface area contributed by atoms with Gasteiger partial charge in [0.25, 0.3) is 0 Å². The lowest BCUT2D eigenvalue weighted by molar-refractivity contribution is -0.110. The van der Waals surface area contributed by atoms with Crippen molar-refractivity contribution in [2.75, 3.05) is 0 Å². The van der Waals surface area contributed by atoms with Crippen LogP contribution in [0.15, 0.2) is 0 Å². The van der Waals surface area contributed by atoms with Crippen molar-refractivity contribution in [3.05, 3.63) is 0 Å². The van der Waals surface area contributed by atoms with Gasteiger partial charge >= 0.3 is 8.74 Å². The molecular formula is C5H10F2OSi. The molecule has 1 nitrogen and oxygen atoms in total. The van der Waals surface area contributed by atoms with E-state index in [1.807, 2.05) is 0 Å². The minimum Gasteiger partial charge on any atom is -0.303 e. The highest BCUT2D eigenvalue weighted by Crippen LogP contribution is 2.17. The molecule has 0 aliphatic carbocycles. The van der Waals surface area contributed by atoms with Crippen LogP contribution in [0.25, 0.3) is 0 Å². The van der Waals surface area contributed by atoms with Crippen LogP contribution in [-0.2, 0) is 4.79 Å². The van der Waals surface area contributed by atoms with E-state index in [2.05, 4.69) is 0 Å². The van der Waals surface area contributed by atoms with Gasteiger partial charge in [-0.2, -0.15) is 0 Å². The van der Waals surface area contributed by atoms with Gasteiger partial charge in [0.1, 0.15) is 6.29 Å². The van der Waals surface area contributed by atoms with E-state index >= 15 is 0 Å². The molecule has 0 bridgehead atoms. The maximum Gasteiger partial charge on any atom is 0.422 e. The van der Waals surface area contributed by atoms with Crippen molar-refractivity contribution in [1.82, 2.24) is 0 Å². The number of carbonyl (C=O) groups excluding carboxylic acids is 1. The van der Waals surface area contributed by atoms with Gasteiger partial charge in [-0.05, 0) is 6.55 Å². The molecule has 0 fully saturated rings. The molecule has 0 rings (SSSR count). The van der Waals surface area contributed by atoms with Crippen LogP contribution >= 0.6 is 0 Å². The maximum absolute atomic E-state index is 12.1. The summed E-state index contributed by atoms with van der Waals surface area (Å²) in [6, 6.07) is -0.212. The van der Waals surface area contributed by atoms with Crippen LogP contribution < -0.4 is 0 Å². The van der Waals surface area contributed by atoms with Crippen molar-refractivity contribution in [2.24, 2.45) is 5.92 Å². The normalized spacial score (nSPS) is 15.1. The molecule has 0 radical (unpaired) electrons. The third-order valence-corrected chi connectivity index (χ3v) is 2.27. The Labute approximate surface area is 54.4 Å². The van der Waals surface area contributed by atoms with Gasteiger partial charge in [-0.25, -0.2) is 0 Å². The standard InChI is InChI=1S/C5H10F2OSi/c1-5(3-8)4-9(2,6)7/h3,5H,4H2,1-2H3. The molecule has 0 saturated carbocycles. The minimum absolute atomic E-state index is 0.212. The first-order valence-corrected chi connectivity index (χ1v) is 5.25. The van der Waals surface area contributed by atoms with Crippen LogP contribution in [0.5, 0.6) is 0 Å². The molecule has 0 aliphatic heterocycles. The van der Waals surface area contributed by atoms with Crippen LogP contribution in [0.4, 0.5) is 8.22 Å². The maximum atomic E-state index is 12.1. The number of rotatable bonds is 3. The highest BCUT2D eigenvalue weighted by molar-refractivity contribution is 6.64. The summed E-state index contributed by atoms with van der Waals surface area (Å²) in [7, 11) is -3.97. The zero-order valence-electron chi connectivity index (χ0n) is 5.53. The summed E-state index contributed by atoms with van der Waals surface area (Å²) >= 11 is 0. The number of halogens is 2. The molecular weight excluding hydrogens is 142 g/mol. The first-order valence-electron chi connectivity index (χ1n) is 2.79.